The Bertz CT molecular complexity index is 230. The highest BCUT2D eigenvalue weighted by Gasteiger charge is 2.40. The van der Waals surface area contributed by atoms with E-state index in [1.54, 1.807) is 0 Å². The van der Waals surface area contributed by atoms with Crippen LogP contribution >= 0.6 is 0 Å². The van der Waals surface area contributed by atoms with E-state index in [0.717, 1.165) is 6.61 Å². The molecule has 9 heteroatoms. The number of aliphatic hydroxyl groups excluding tert-OH is 3. The molecule has 1 aliphatic heterocycles. The third-order valence-corrected chi connectivity index (χ3v) is 5.62. The molecule has 1 unspecified atom stereocenters. The van der Waals surface area contributed by atoms with Crippen LogP contribution in [0, 0.1) is 0 Å². The van der Waals surface area contributed by atoms with E-state index in [0.29, 0.717) is 25.7 Å². The molecule has 0 bridgehead atoms. The number of hydrogen-bond donors (Lipinski definition) is 3. The van der Waals surface area contributed by atoms with Gasteiger partial charge >= 0.3 is 8.80 Å². The predicted molar refractivity (Wildman–Crippen MR) is 74.9 cm³/mol. The fourth-order valence-corrected chi connectivity index (χ4v) is 4.18. The van der Waals surface area contributed by atoms with Crippen LogP contribution in [0.2, 0.25) is 6.04 Å². The Labute approximate surface area is 125 Å². The topological polar surface area (TPSA) is 110 Å². The molecule has 1 saturated heterocycles. The average Bonchev–Trinajstić information content (AvgIpc) is 3.32. The van der Waals surface area contributed by atoms with Crippen LogP contribution in [0.4, 0.5) is 0 Å². The second-order valence-electron chi connectivity index (χ2n) is 4.53. The molecule has 0 aliphatic carbocycles. The summed E-state index contributed by atoms with van der Waals surface area (Å²) in [5.41, 5.74) is 0. The molecule has 0 aromatic carbocycles. The molecule has 1 fully saturated rings. The summed E-state index contributed by atoms with van der Waals surface area (Å²) in [4.78, 5) is 0. The van der Waals surface area contributed by atoms with Crippen molar-refractivity contribution in [2.75, 3.05) is 59.5 Å². The number of ether oxygens (including phenoxy) is 2. The summed E-state index contributed by atoms with van der Waals surface area (Å²) >= 11 is 0. The highest BCUT2D eigenvalue weighted by atomic mass is 28.4. The molecule has 1 atom stereocenters. The first-order chi connectivity index (χ1) is 10.3. The molecule has 0 aromatic rings. The van der Waals surface area contributed by atoms with Crippen LogP contribution in [0.1, 0.15) is 6.42 Å². The van der Waals surface area contributed by atoms with Crippen LogP contribution in [0.5, 0.6) is 0 Å². The minimum absolute atomic E-state index is 0.0971. The van der Waals surface area contributed by atoms with Crippen LogP contribution in [0.25, 0.3) is 0 Å². The molecule has 3 N–H and O–H groups in total. The Balaban J connectivity index is 2.35. The maximum atomic E-state index is 8.91. The van der Waals surface area contributed by atoms with Gasteiger partial charge in [-0.3, -0.25) is 0 Å². The van der Waals surface area contributed by atoms with Crippen molar-refractivity contribution in [1.82, 2.24) is 0 Å². The lowest BCUT2D eigenvalue weighted by atomic mass is 10.5. The quantitative estimate of drug-likeness (QED) is 0.195. The molecular formula is C12H26O8Si. The third-order valence-electron chi connectivity index (χ3n) is 2.72. The molecule has 0 spiro atoms. The lowest BCUT2D eigenvalue weighted by Gasteiger charge is -2.29. The average molecular weight is 326 g/mol. The van der Waals surface area contributed by atoms with Gasteiger partial charge in [0.25, 0.3) is 0 Å². The van der Waals surface area contributed by atoms with Crippen molar-refractivity contribution in [2.24, 2.45) is 0 Å². The van der Waals surface area contributed by atoms with E-state index in [1.807, 2.05) is 0 Å². The molecular weight excluding hydrogens is 300 g/mol. The molecule has 0 aromatic heterocycles. The summed E-state index contributed by atoms with van der Waals surface area (Å²) < 4.78 is 27.2. The summed E-state index contributed by atoms with van der Waals surface area (Å²) in [6.07, 6.45) is 0.898. The zero-order valence-corrected chi connectivity index (χ0v) is 13.2. The number of aliphatic hydroxyl groups is 3. The Hall–Kier alpha value is -0.103. The zero-order valence-electron chi connectivity index (χ0n) is 12.2. The van der Waals surface area contributed by atoms with Gasteiger partial charge in [0.1, 0.15) is 6.10 Å². The van der Waals surface area contributed by atoms with Gasteiger partial charge in [0, 0.05) is 12.7 Å². The van der Waals surface area contributed by atoms with Gasteiger partial charge in [0.2, 0.25) is 0 Å². The minimum Gasteiger partial charge on any atom is -0.394 e. The van der Waals surface area contributed by atoms with Crippen LogP contribution in [0.3, 0.4) is 0 Å². The summed E-state index contributed by atoms with van der Waals surface area (Å²) in [6.45, 7) is 1.74. The van der Waals surface area contributed by atoms with E-state index >= 15 is 0 Å². The number of epoxide rings is 1. The minimum atomic E-state index is -3.01. The largest absolute Gasteiger partial charge is 0.501 e. The first-order valence-corrected chi connectivity index (χ1v) is 9.13. The van der Waals surface area contributed by atoms with Crippen molar-refractivity contribution < 1.29 is 38.1 Å². The highest BCUT2D eigenvalue weighted by molar-refractivity contribution is 6.60. The van der Waals surface area contributed by atoms with Gasteiger partial charge in [-0.2, -0.15) is 0 Å². The maximum absolute atomic E-state index is 8.91. The van der Waals surface area contributed by atoms with Gasteiger partial charge in [-0.1, -0.05) is 0 Å². The smallest absolute Gasteiger partial charge is 0.394 e. The van der Waals surface area contributed by atoms with Crippen LogP contribution in [0.15, 0.2) is 0 Å². The molecule has 0 saturated carbocycles. The fourth-order valence-electron chi connectivity index (χ4n) is 1.71. The van der Waals surface area contributed by atoms with E-state index in [2.05, 4.69) is 0 Å². The van der Waals surface area contributed by atoms with Crippen molar-refractivity contribution in [3.05, 3.63) is 0 Å². The van der Waals surface area contributed by atoms with Crippen LogP contribution in [-0.2, 0) is 22.8 Å². The fraction of sp³-hybridized carbons (Fsp3) is 1.00. The SMILES string of the molecule is OCCO[Si](CCCOCC1CO1)(OCCO)OCCO. The van der Waals surface area contributed by atoms with Crippen LogP contribution in [-0.4, -0.2) is 89.7 Å². The van der Waals surface area contributed by atoms with Gasteiger partial charge in [-0.05, 0) is 6.42 Å². The Morgan fingerprint density at radius 1 is 0.905 bits per heavy atom. The molecule has 21 heavy (non-hydrogen) atoms. The summed E-state index contributed by atoms with van der Waals surface area (Å²) in [5, 5.41) is 26.7. The molecule has 0 amide bonds. The summed E-state index contributed by atoms with van der Waals surface area (Å²) in [7, 11) is -3.01. The zero-order chi connectivity index (χ0) is 15.4. The maximum Gasteiger partial charge on any atom is 0.501 e. The number of rotatable bonds is 15. The van der Waals surface area contributed by atoms with E-state index in [4.69, 9.17) is 38.1 Å². The summed E-state index contributed by atoms with van der Waals surface area (Å²) in [6, 6.07) is 0.499. The third kappa shape index (κ3) is 8.81. The Kier molecular flexibility index (Phi) is 10.3. The highest BCUT2D eigenvalue weighted by Crippen LogP contribution is 2.18. The Morgan fingerprint density at radius 2 is 1.43 bits per heavy atom. The van der Waals surface area contributed by atoms with E-state index in [1.165, 1.54) is 0 Å². The van der Waals surface area contributed by atoms with Gasteiger partial charge in [-0.25, -0.2) is 0 Å². The van der Waals surface area contributed by atoms with Gasteiger partial charge in [-0.15, -0.1) is 0 Å². The molecule has 1 rings (SSSR count). The number of hydrogen-bond acceptors (Lipinski definition) is 8. The van der Waals surface area contributed by atoms with Crippen molar-refractivity contribution in [2.45, 2.75) is 18.6 Å². The standard InChI is InChI=1S/C12H26O8Si/c13-2-6-18-21(19-7-3-14,20-8-4-15)9-1-5-16-10-12-11-17-12/h12-15H,1-11H2. The van der Waals surface area contributed by atoms with E-state index in [-0.39, 0.29) is 45.7 Å². The summed E-state index contributed by atoms with van der Waals surface area (Å²) in [5.74, 6) is 0. The molecule has 126 valence electrons. The van der Waals surface area contributed by atoms with E-state index < -0.39 is 8.80 Å². The van der Waals surface area contributed by atoms with Gasteiger partial charge < -0.3 is 38.1 Å². The second-order valence-corrected chi connectivity index (χ2v) is 7.27. The van der Waals surface area contributed by atoms with Gasteiger partial charge in [0.15, 0.2) is 0 Å². The molecule has 0 radical (unpaired) electrons. The van der Waals surface area contributed by atoms with Crippen LogP contribution < -0.4 is 0 Å². The van der Waals surface area contributed by atoms with E-state index in [9.17, 15) is 0 Å². The lowest BCUT2D eigenvalue weighted by Crippen LogP contribution is -2.48. The second kappa shape index (κ2) is 11.5. The normalized spacial score (nSPS) is 18.1. The molecule has 8 nitrogen and oxygen atoms in total. The monoisotopic (exact) mass is 326 g/mol. The van der Waals surface area contributed by atoms with Crippen molar-refractivity contribution in [3.63, 3.8) is 0 Å². The lowest BCUT2D eigenvalue weighted by molar-refractivity contribution is 0.0253. The van der Waals surface area contributed by atoms with Crippen molar-refractivity contribution >= 4 is 8.80 Å². The first-order valence-electron chi connectivity index (χ1n) is 7.20. The van der Waals surface area contributed by atoms with Gasteiger partial charge in [0.05, 0.1) is 52.9 Å². The Morgan fingerprint density at radius 3 is 1.86 bits per heavy atom. The first kappa shape index (κ1) is 18.9. The van der Waals surface area contributed by atoms with Crippen molar-refractivity contribution in [1.29, 1.82) is 0 Å². The predicted octanol–water partition coefficient (Wildman–Crippen LogP) is -1.24. The molecule has 1 aliphatic rings. The molecule has 1 heterocycles. The van der Waals surface area contributed by atoms with Crippen molar-refractivity contribution in [3.8, 4) is 0 Å².